The van der Waals surface area contributed by atoms with Crippen LogP contribution >= 0.6 is 11.3 Å². The lowest BCUT2D eigenvalue weighted by molar-refractivity contribution is -0.117. The number of benzene rings is 2. The van der Waals surface area contributed by atoms with Crippen LogP contribution in [0.5, 0.6) is 0 Å². The first-order valence-corrected chi connectivity index (χ1v) is 10.5. The van der Waals surface area contributed by atoms with Gasteiger partial charge in [-0.25, -0.2) is 4.98 Å². The molecule has 0 unspecified atom stereocenters. The van der Waals surface area contributed by atoms with Gasteiger partial charge in [0.1, 0.15) is 5.01 Å². The molecule has 1 fully saturated rings. The standard InChI is InChI=1S/C22H26N4OS/c1-16-11-17(2)13-18(12-16)23-21(27)14-25-7-9-26(10-8-25)15-22-24-19-5-3-4-6-20(19)28-22/h3-6,11-13H,7-10,14-15H2,1-2H3,(H,23,27). The minimum absolute atomic E-state index is 0.0598. The number of fused-ring (bicyclic) bond motifs is 1. The molecular weight excluding hydrogens is 368 g/mol. The zero-order chi connectivity index (χ0) is 19.5. The summed E-state index contributed by atoms with van der Waals surface area (Å²) in [4.78, 5) is 21.8. The number of aryl methyl sites for hydroxylation is 2. The van der Waals surface area contributed by atoms with Gasteiger partial charge in [-0.2, -0.15) is 0 Å². The minimum atomic E-state index is 0.0598. The van der Waals surface area contributed by atoms with Crippen molar-refractivity contribution in [2.75, 3.05) is 38.0 Å². The maximum atomic E-state index is 12.4. The SMILES string of the molecule is Cc1cc(C)cc(NC(=O)CN2CCN(Cc3nc4ccccc4s3)CC2)c1. The molecule has 0 spiro atoms. The number of anilines is 1. The van der Waals surface area contributed by atoms with Crippen LogP contribution in [0.3, 0.4) is 0 Å². The highest BCUT2D eigenvalue weighted by molar-refractivity contribution is 7.18. The van der Waals surface area contributed by atoms with Crippen LogP contribution in [0, 0.1) is 13.8 Å². The number of carbonyl (C=O) groups excluding carboxylic acids is 1. The van der Waals surface area contributed by atoms with Crippen LogP contribution in [0.4, 0.5) is 5.69 Å². The molecule has 2 aromatic carbocycles. The summed E-state index contributed by atoms with van der Waals surface area (Å²) in [6.07, 6.45) is 0. The van der Waals surface area contributed by atoms with E-state index in [1.54, 1.807) is 11.3 Å². The van der Waals surface area contributed by atoms with E-state index in [0.717, 1.165) is 43.9 Å². The van der Waals surface area contributed by atoms with Crippen molar-refractivity contribution < 1.29 is 4.79 Å². The number of hydrogen-bond donors (Lipinski definition) is 1. The van der Waals surface area contributed by atoms with Crippen LogP contribution in [0.2, 0.25) is 0 Å². The highest BCUT2D eigenvalue weighted by atomic mass is 32.1. The first kappa shape index (κ1) is 19.1. The lowest BCUT2D eigenvalue weighted by Gasteiger charge is -2.33. The molecule has 0 aliphatic carbocycles. The maximum absolute atomic E-state index is 12.4. The lowest BCUT2D eigenvalue weighted by atomic mass is 10.1. The largest absolute Gasteiger partial charge is 0.325 e. The van der Waals surface area contributed by atoms with Gasteiger partial charge in [0, 0.05) is 31.9 Å². The van der Waals surface area contributed by atoms with Gasteiger partial charge in [-0.1, -0.05) is 18.2 Å². The molecule has 0 saturated carbocycles. The van der Waals surface area contributed by atoms with Crippen molar-refractivity contribution in [2.24, 2.45) is 0 Å². The second kappa shape index (κ2) is 8.39. The van der Waals surface area contributed by atoms with Crippen LogP contribution in [-0.4, -0.2) is 53.4 Å². The summed E-state index contributed by atoms with van der Waals surface area (Å²) >= 11 is 1.78. The van der Waals surface area contributed by atoms with Crippen LogP contribution in [-0.2, 0) is 11.3 Å². The van der Waals surface area contributed by atoms with E-state index in [1.807, 2.05) is 32.0 Å². The fraction of sp³-hybridized carbons (Fsp3) is 0.364. The zero-order valence-corrected chi connectivity index (χ0v) is 17.3. The molecule has 1 amide bonds. The monoisotopic (exact) mass is 394 g/mol. The quantitative estimate of drug-likeness (QED) is 0.717. The summed E-state index contributed by atoms with van der Waals surface area (Å²) in [5, 5.41) is 4.20. The Morgan fingerprint density at radius 2 is 1.71 bits per heavy atom. The molecular formula is C22H26N4OS. The van der Waals surface area contributed by atoms with Crippen LogP contribution in [0.1, 0.15) is 16.1 Å². The molecule has 1 saturated heterocycles. The normalized spacial score (nSPS) is 15.8. The molecule has 28 heavy (non-hydrogen) atoms. The molecule has 5 nitrogen and oxygen atoms in total. The van der Waals surface area contributed by atoms with E-state index in [2.05, 4.69) is 39.4 Å². The van der Waals surface area contributed by atoms with E-state index in [0.29, 0.717) is 6.54 Å². The molecule has 0 bridgehead atoms. The molecule has 1 N–H and O–H groups in total. The zero-order valence-electron chi connectivity index (χ0n) is 16.4. The second-order valence-corrected chi connectivity index (χ2v) is 8.67. The average Bonchev–Trinajstić information content (AvgIpc) is 3.04. The highest BCUT2D eigenvalue weighted by Crippen LogP contribution is 2.23. The first-order valence-electron chi connectivity index (χ1n) is 9.72. The molecule has 4 rings (SSSR count). The molecule has 2 heterocycles. The van der Waals surface area contributed by atoms with Crippen molar-refractivity contribution in [1.29, 1.82) is 0 Å². The molecule has 6 heteroatoms. The number of thiazole rings is 1. The summed E-state index contributed by atoms with van der Waals surface area (Å²) < 4.78 is 1.25. The Morgan fingerprint density at radius 1 is 1.04 bits per heavy atom. The Morgan fingerprint density at radius 3 is 2.43 bits per heavy atom. The summed E-state index contributed by atoms with van der Waals surface area (Å²) in [5.74, 6) is 0.0598. The van der Waals surface area contributed by atoms with E-state index in [9.17, 15) is 4.79 Å². The van der Waals surface area contributed by atoms with E-state index in [-0.39, 0.29) is 5.91 Å². The van der Waals surface area contributed by atoms with Crippen molar-refractivity contribution in [3.05, 3.63) is 58.6 Å². The van der Waals surface area contributed by atoms with Crippen molar-refractivity contribution in [2.45, 2.75) is 20.4 Å². The molecule has 0 radical (unpaired) electrons. The number of hydrogen-bond acceptors (Lipinski definition) is 5. The minimum Gasteiger partial charge on any atom is -0.325 e. The van der Waals surface area contributed by atoms with Crippen molar-refractivity contribution >= 4 is 33.1 Å². The lowest BCUT2D eigenvalue weighted by Crippen LogP contribution is -2.48. The Bertz CT molecular complexity index is 922. The average molecular weight is 395 g/mol. The van der Waals surface area contributed by atoms with Gasteiger partial charge < -0.3 is 5.32 Å². The fourth-order valence-corrected chi connectivity index (χ4v) is 4.74. The van der Waals surface area contributed by atoms with Gasteiger partial charge >= 0.3 is 0 Å². The molecule has 1 aliphatic rings. The van der Waals surface area contributed by atoms with Gasteiger partial charge in [0.05, 0.1) is 23.3 Å². The predicted molar refractivity (Wildman–Crippen MR) is 116 cm³/mol. The molecule has 146 valence electrons. The van der Waals surface area contributed by atoms with E-state index >= 15 is 0 Å². The Hall–Kier alpha value is -2.28. The van der Waals surface area contributed by atoms with Crippen molar-refractivity contribution in [3.63, 3.8) is 0 Å². The summed E-state index contributed by atoms with van der Waals surface area (Å²) in [5.41, 5.74) is 4.30. The number of amides is 1. The Balaban J connectivity index is 1.26. The molecule has 0 atom stereocenters. The molecule has 3 aromatic rings. The third-order valence-corrected chi connectivity index (χ3v) is 6.06. The number of carbonyl (C=O) groups is 1. The molecule has 1 aromatic heterocycles. The number of nitrogens with zero attached hydrogens (tertiary/aromatic N) is 3. The fourth-order valence-electron chi connectivity index (χ4n) is 3.73. The third kappa shape index (κ3) is 4.76. The summed E-state index contributed by atoms with van der Waals surface area (Å²) in [7, 11) is 0. The van der Waals surface area contributed by atoms with Gasteiger partial charge in [0.25, 0.3) is 0 Å². The smallest absolute Gasteiger partial charge is 0.238 e. The number of rotatable bonds is 5. The number of aromatic nitrogens is 1. The maximum Gasteiger partial charge on any atom is 0.238 e. The number of para-hydroxylation sites is 1. The van der Waals surface area contributed by atoms with Gasteiger partial charge in [0.2, 0.25) is 5.91 Å². The van der Waals surface area contributed by atoms with Crippen molar-refractivity contribution in [3.8, 4) is 0 Å². The first-order chi connectivity index (χ1) is 13.5. The summed E-state index contributed by atoms with van der Waals surface area (Å²) in [6.45, 7) is 9.18. The van der Waals surface area contributed by atoms with Crippen LogP contribution < -0.4 is 5.32 Å². The number of nitrogens with one attached hydrogen (secondary N) is 1. The third-order valence-electron chi connectivity index (χ3n) is 5.03. The summed E-state index contributed by atoms with van der Waals surface area (Å²) in [6, 6.07) is 14.4. The predicted octanol–water partition coefficient (Wildman–Crippen LogP) is 3.67. The topological polar surface area (TPSA) is 48.5 Å². The second-order valence-electron chi connectivity index (χ2n) is 7.55. The van der Waals surface area contributed by atoms with Crippen LogP contribution in [0.15, 0.2) is 42.5 Å². The van der Waals surface area contributed by atoms with Gasteiger partial charge in [-0.3, -0.25) is 14.6 Å². The van der Waals surface area contributed by atoms with Crippen molar-refractivity contribution in [1.82, 2.24) is 14.8 Å². The number of piperazine rings is 1. The van der Waals surface area contributed by atoms with E-state index < -0.39 is 0 Å². The van der Waals surface area contributed by atoms with Crippen LogP contribution in [0.25, 0.3) is 10.2 Å². The molecule has 1 aliphatic heterocycles. The van der Waals surface area contributed by atoms with E-state index in [4.69, 9.17) is 4.98 Å². The van der Waals surface area contributed by atoms with Gasteiger partial charge in [-0.15, -0.1) is 11.3 Å². The highest BCUT2D eigenvalue weighted by Gasteiger charge is 2.20. The van der Waals surface area contributed by atoms with Gasteiger partial charge in [-0.05, 0) is 49.2 Å². The Labute approximate surface area is 170 Å². The Kier molecular flexibility index (Phi) is 5.71. The van der Waals surface area contributed by atoms with E-state index in [1.165, 1.54) is 20.8 Å². The van der Waals surface area contributed by atoms with Gasteiger partial charge in [0.15, 0.2) is 0 Å².